The molecule has 3 nitrogen and oxygen atoms in total. The SMILES string of the molecule is CCN(CCC#N)CC(=O)c1cccs1. The van der Waals surface area contributed by atoms with E-state index in [1.807, 2.05) is 29.3 Å². The second-order valence-corrected chi connectivity index (χ2v) is 4.13. The molecule has 0 bridgehead atoms. The van der Waals surface area contributed by atoms with Crippen molar-refractivity contribution in [3.8, 4) is 6.07 Å². The molecule has 1 aromatic heterocycles. The van der Waals surface area contributed by atoms with Crippen LogP contribution in [-0.2, 0) is 0 Å². The third-order valence-electron chi connectivity index (χ3n) is 2.15. The number of likely N-dealkylation sites (N-methyl/N-ethyl adjacent to an activating group) is 1. The summed E-state index contributed by atoms with van der Waals surface area (Å²) in [6, 6.07) is 5.81. The molecule has 1 heterocycles. The van der Waals surface area contributed by atoms with Crippen molar-refractivity contribution in [2.45, 2.75) is 13.3 Å². The van der Waals surface area contributed by atoms with Crippen LogP contribution in [-0.4, -0.2) is 30.3 Å². The van der Waals surface area contributed by atoms with E-state index in [1.165, 1.54) is 11.3 Å². The van der Waals surface area contributed by atoms with Crippen LogP contribution in [0.15, 0.2) is 17.5 Å². The largest absolute Gasteiger partial charge is 0.295 e. The van der Waals surface area contributed by atoms with Gasteiger partial charge in [-0.05, 0) is 18.0 Å². The van der Waals surface area contributed by atoms with Gasteiger partial charge in [-0.2, -0.15) is 5.26 Å². The van der Waals surface area contributed by atoms with Crippen LogP contribution in [0.2, 0.25) is 0 Å². The Balaban J connectivity index is 2.45. The average Bonchev–Trinajstić information content (AvgIpc) is 2.77. The predicted molar refractivity (Wildman–Crippen MR) is 61.0 cm³/mol. The van der Waals surface area contributed by atoms with Crippen molar-refractivity contribution in [3.05, 3.63) is 22.4 Å². The number of carbonyl (C=O) groups is 1. The Bertz CT molecular complexity index is 340. The van der Waals surface area contributed by atoms with Gasteiger partial charge in [0.05, 0.1) is 17.5 Å². The maximum atomic E-state index is 11.7. The van der Waals surface area contributed by atoms with Gasteiger partial charge in [-0.3, -0.25) is 9.69 Å². The highest BCUT2D eigenvalue weighted by Gasteiger charge is 2.11. The van der Waals surface area contributed by atoms with E-state index >= 15 is 0 Å². The van der Waals surface area contributed by atoms with Gasteiger partial charge < -0.3 is 0 Å². The number of nitriles is 1. The van der Waals surface area contributed by atoms with Crippen LogP contribution in [0.4, 0.5) is 0 Å². The lowest BCUT2D eigenvalue weighted by Gasteiger charge is -2.17. The average molecular weight is 222 g/mol. The Hall–Kier alpha value is -1.18. The van der Waals surface area contributed by atoms with Gasteiger partial charge in [0.2, 0.25) is 0 Å². The number of nitrogens with zero attached hydrogens (tertiary/aromatic N) is 2. The summed E-state index contributed by atoms with van der Waals surface area (Å²) in [5.74, 6) is 0.143. The first-order valence-electron chi connectivity index (χ1n) is 4.94. The maximum Gasteiger partial charge on any atom is 0.186 e. The van der Waals surface area contributed by atoms with Crippen LogP contribution in [0.25, 0.3) is 0 Å². The lowest BCUT2D eigenvalue weighted by molar-refractivity contribution is 0.0939. The van der Waals surface area contributed by atoms with Crippen LogP contribution >= 0.6 is 11.3 Å². The van der Waals surface area contributed by atoms with Gasteiger partial charge in [0, 0.05) is 13.0 Å². The fourth-order valence-electron chi connectivity index (χ4n) is 1.28. The Labute approximate surface area is 93.9 Å². The lowest BCUT2D eigenvalue weighted by atomic mass is 10.3. The summed E-state index contributed by atoms with van der Waals surface area (Å²) in [4.78, 5) is 14.5. The van der Waals surface area contributed by atoms with E-state index in [9.17, 15) is 4.79 Å². The van der Waals surface area contributed by atoms with Crippen molar-refractivity contribution in [1.82, 2.24) is 4.90 Å². The van der Waals surface area contributed by atoms with E-state index in [0.29, 0.717) is 19.5 Å². The Morgan fingerprint density at radius 3 is 3.00 bits per heavy atom. The molecule has 4 heteroatoms. The Morgan fingerprint density at radius 2 is 2.47 bits per heavy atom. The number of thiophene rings is 1. The Morgan fingerprint density at radius 1 is 1.67 bits per heavy atom. The normalized spacial score (nSPS) is 10.2. The molecule has 0 saturated carbocycles. The summed E-state index contributed by atoms with van der Waals surface area (Å²) in [5, 5.41) is 10.4. The quantitative estimate of drug-likeness (QED) is 0.693. The second kappa shape index (κ2) is 6.33. The molecule has 1 rings (SSSR count). The van der Waals surface area contributed by atoms with Gasteiger partial charge >= 0.3 is 0 Å². The first kappa shape index (κ1) is 11.9. The predicted octanol–water partition coefficient (Wildman–Crippen LogP) is 2.17. The molecule has 0 aromatic carbocycles. The van der Waals surface area contributed by atoms with Crippen molar-refractivity contribution >= 4 is 17.1 Å². The summed E-state index contributed by atoms with van der Waals surface area (Å²) in [6.07, 6.45) is 0.478. The van der Waals surface area contributed by atoms with Crippen molar-refractivity contribution in [3.63, 3.8) is 0 Å². The highest BCUT2D eigenvalue weighted by atomic mass is 32.1. The van der Waals surface area contributed by atoms with Gasteiger partial charge in [-0.1, -0.05) is 13.0 Å². The van der Waals surface area contributed by atoms with Crippen LogP contribution in [0.1, 0.15) is 23.0 Å². The summed E-state index contributed by atoms with van der Waals surface area (Å²) >= 11 is 1.47. The molecule has 0 N–H and O–H groups in total. The summed E-state index contributed by atoms with van der Waals surface area (Å²) in [5.41, 5.74) is 0. The van der Waals surface area contributed by atoms with E-state index in [0.717, 1.165) is 11.4 Å². The van der Waals surface area contributed by atoms with Gasteiger partial charge in [0.15, 0.2) is 5.78 Å². The number of ketones is 1. The zero-order valence-electron chi connectivity index (χ0n) is 8.77. The monoisotopic (exact) mass is 222 g/mol. The number of carbonyl (C=O) groups excluding carboxylic acids is 1. The lowest BCUT2D eigenvalue weighted by Crippen LogP contribution is -2.30. The molecule has 80 valence electrons. The second-order valence-electron chi connectivity index (χ2n) is 3.18. The summed E-state index contributed by atoms with van der Waals surface area (Å²) < 4.78 is 0. The summed E-state index contributed by atoms with van der Waals surface area (Å²) in [6.45, 7) is 3.89. The van der Waals surface area contributed by atoms with E-state index in [4.69, 9.17) is 5.26 Å². The Kier molecular flexibility index (Phi) is 5.02. The molecular formula is C11H14N2OS. The third kappa shape index (κ3) is 3.82. The zero-order chi connectivity index (χ0) is 11.1. The zero-order valence-corrected chi connectivity index (χ0v) is 9.59. The van der Waals surface area contributed by atoms with Crippen molar-refractivity contribution in [2.24, 2.45) is 0 Å². The number of Topliss-reactive ketones (excluding diaryl/α,β-unsaturated/α-hetero) is 1. The highest BCUT2D eigenvalue weighted by molar-refractivity contribution is 7.12. The van der Waals surface area contributed by atoms with Crippen LogP contribution in [0.3, 0.4) is 0 Å². The molecule has 0 unspecified atom stereocenters. The molecule has 1 aromatic rings. The van der Waals surface area contributed by atoms with E-state index in [-0.39, 0.29) is 5.78 Å². The highest BCUT2D eigenvalue weighted by Crippen LogP contribution is 2.10. The van der Waals surface area contributed by atoms with Crippen molar-refractivity contribution in [1.29, 1.82) is 5.26 Å². The van der Waals surface area contributed by atoms with E-state index < -0.39 is 0 Å². The minimum absolute atomic E-state index is 0.143. The smallest absolute Gasteiger partial charge is 0.186 e. The van der Waals surface area contributed by atoms with Crippen LogP contribution in [0.5, 0.6) is 0 Å². The van der Waals surface area contributed by atoms with Gasteiger partial charge in [0.1, 0.15) is 0 Å². The molecule has 0 aliphatic carbocycles. The van der Waals surface area contributed by atoms with E-state index in [1.54, 1.807) is 0 Å². The fraction of sp³-hybridized carbons (Fsp3) is 0.455. The number of rotatable bonds is 6. The van der Waals surface area contributed by atoms with Crippen LogP contribution in [0, 0.1) is 11.3 Å². The molecule has 0 spiro atoms. The summed E-state index contributed by atoms with van der Waals surface area (Å²) in [7, 11) is 0. The van der Waals surface area contributed by atoms with Crippen LogP contribution < -0.4 is 0 Å². The van der Waals surface area contributed by atoms with Gasteiger partial charge in [-0.25, -0.2) is 0 Å². The third-order valence-corrected chi connectivity index (χ3v) is 3.06. The molecule has 15 heavy (non-hydrogen) atoms. The molecular weight excluding hydrogens is 208 g/mol. The fourth-order valence-corrected chi connectivity index (χ4v) is 1.93. The molecule has 0 atom stereocenters. The molecule has 0 aliphatic heterocycles. The molecule has 0 fully saturated rings. The topological polar surface area (TPSA) is 44.1 Å². The van der Waals surface area contributed by atoms with E-state index in [2.05, 4.69) is 6.07 Å². The molecule has 0 aliphatic rings. The minimum Gasteiger partial charge on any atom is -0.295 e. The van der Waals surface area contributed by atoms with Gasteiger partial charge in [0.25, 0.3) is 0 Å². The van der Waals surface area contributed by atoms with Gasteiger partial charge in [-0.15, -0.1) is 11.3 Å². The van der Waals surface area contributed by atoms with Crippen molar-refractivity contribution < 1.29 is 4.79 Å². The minimum atomic E-state index is 0.143. The molecule has 0 amide bonds. The van der Waals surface area contributed by atoms with Crippen molar-refractivity contribution in [2.75, 3.05) is 19.6 Å². The molecule has 0 saturated heterocycles. The standard InChI is InChI=1S/C11H14N2OS/c1-2-13(7-4-6-12)9-10(14)11-5-3-8-15-11/h3,5,8H,2,4,7,9H2,1H3. The number of hydrogen-bond acceptors (Lipinski definition) is 4. The molecule has 0 radical (unpaired) electrons. The first-order chi connectivity index (χ1) is 7.27. The first-order valence-corrected chi connectivity index (χ1v) is 5.82. The maximum absolute atomic E-state index is 11.7. The number of hydrogen-bond donors (Lipinski definition) is 0.